The van der Waals surface area contributed by atoms with Crippen LogP contribution in [0.15, 0.2) is 0 Å². The molecular weight excluding hydrogens is 122 g/mol. The van der Waals surface area contributed by atoms with Gasteiger partial charge in [-0.15, -0.1) is 0 Å². The van der Waals surface area contributed by atoms with E-state index in [1.54, 1.807) is 0 Å². The minimum absolute atomic E-state index is 0.121. The molecule has 0 spiro atoms. The van der Waals surface area contributed by atoms with Gasteiger partial charge in [0.05, 0.1) is 0 Å². The summed E-state index contributed by atoms with van der Waals surface area (Å²) in [5.41, 5.74) is 1.82. The van der Waals surface area contributed by atoms with Crippen molar-refractivity contribution in [3.8, 4) is 0 Å². The first kappa shape index (κ1) is 7.85. The van der Waals surface area contributed by atoms with E-state index in [1.807, 2.05) is 26.3 Å². The molecule has 3 heteroatoms. The smallest absolute Gasteiger partial charge is 0.105 e. The van der Waals surface area contributed by atoms with E-state index in [9.17, 15) is 0 Å². The maximum absolute atomic E-state index is 8.28. The van der Waals surface area contributed by atoms with Gasteiger partial charge in [0.15, 0.2) is 0 Å². The highest BCUT2D eigenvalue weighted by atomic mass is 32.1. The summed E-state index contributed by atoms with van der Waals surface area (Å²) < 4.78 is 0. The van der Waals surface area contributed by atoms with Crippen LogP contribution in [0.3, 0.4) is 0 Å². The van der Waals surface area contributed by atoms with Gasteiger partial charge in [-0.05, 0) is 0 Å². The van der Waals surface area contributed by atoms with Gasteiger partial charge in [0.1, 0.15) is 4.99 Å². The minimum Gasteiger partial charge on any atom is -0.291 e. The Morgan fingerprint density at radius 2 is 1.88 bits per heavy atom. The van der Waals surface area contributed by atoms with Gasteiger partial charge in [0.2, 0.25) is 0 Å². The molecule has 0 aliphatic carbocycles. The Morgan fingerprint density at radius 3 is 1.88 bits per heavy atom. The summed E-state index contributed by atoms with van der Waals surface area (Å²) in [5, 5.41) is 8.28. The first-order valence-electron chi connectivity index (χ1n) is 2.43. The normalized spacial score (nSPS) is 11.0. The summed E-state index contributed by atoms with van der Waals surface area (Å²) in [4.78, 5) is 0.470. The minimum atomic E-state index is -0.121. The molecular formula is C5H11NOS. The zero-order chi connectivity index (χ0) is 6.78. The van der Waals surface area contributed by atoms with E-state index in [2.05, 4.69) is 0 Å². The lowest BCUT2D eigenvalue weighted by atomic mass is 9.97. The third-order valence-corrected chi connectivity index (χ3v) is 1.49. The van der Waals surface area contributed by atoms with E-state index in [-0.39, 0.29) is 5.41 Å². The van der Waals surface area contributed by atoms with E-state index < -0.39 is 0 Å². The molecule has 0 radical (unpaired) electrons. The van der Waals surface area contributed by atoms with Crippen molar-refractivity contribution in [3.63, 3.8) is 0 Å². The van der Waals surface area contributed by atoms with Gasteiger partial charge in [0, 0.05) is 5.41 Å². The van der Waals surface area contributed by atoms with E-state index in [0.29, 0.717) is 4.99 Å². The molecule has 0 aliphatic rings. The second-order valence-electron chi connectivity index (χ2n) is 2.69. The fourth-order valence-electron chi connectivity index (χ4n) is 0.168. The lowest BCUT2D eigenvalue weighted by Gasteiger charge is -2.17. The molecule has 0 amide bonds. The van der Waals surface area contributed by atoms with Gasteiger partial charge < -0.3 is 0 Å². The van der Waals surface area contributed by atoms with Crippen molar-refractivity contribution >= 4 is 17.2 Å². The first-order valence-corrected chi connectivity index (χ1v) is 2.84. The predicted molar refractivity (Wildman–Crippen MR) is 37.0 cm³/mol. The molecule has 0 heterocycles. The van der Waals surface area contributed by atoms with Crippen molar-refractivity contribution in [2.45, 2.75) is 20.8 Å². The van der Waals surface area contributed by atoms with Crippen LogP contribution < -0.4 is 5.48 Å². The highest BCUT2D eigenvalue weighted by molar-refractivity contribution is 7.80. The highest BCUT2D eigenvalue weighted by Crippen LogP contribution is 2.13. The van der Waals surface area contributed by atoms with Crippen LogP contribution in [0.2, 0.25) is 0 Å². The molecule has 0 bridgehead atoms. The zero-order valence-electron chi connectivity index (χ0n) is 5.36. The maximum atomic E-state index is 8.28. The van der Waals surface area contributed by atoms with E-state index >= 15 is 0 Å². The van der Waals surface area contributed by atoms with E-state index in [4.69, 9.17) is 17.4 Å². The number of hydroxylamine groups is 1. The van der Waals surface area contributed by atoms with Gasteiger partial charge in [0.25, 0.3) is 0 Å². The lowest BCUT2D eigenvalue weighted by molar-refractivity contribution is 0.225. The van der Waals surface area contributed by atoms with Crippen LogP contribution >= 0.6 is 12.2 Å². The molecule has 0 atom stereocenters. The maximum Gasteiger partial charge on any atom is 0.105 e. The topological polar surface area (TPSA) is 32.3 Å². The van der Waals surface area contributed by atoms with Crippen LogP contribution in [0.1, 0.15) is 20.8 Å². The van der Waals surface area contributed by atoms with Crippen molar-refractivity contribution in [1.82, 2.24) is 5.48 Å². The molecule has 0 saturated heterocycles. The quantitative estimate of drug-likeness (QED) is 0.386. The summed E-state index contributed by atoms with van der Waals surface area (Å²) in [6.07, 6.45) is 0. The van der Waals surface area contributed by atoms with Crippen molar-refractivity contribution in [2.24, 2.45) is 5.41 Å². The average Bonchev–Trinajstić information content (AvgIpc) is 1.62. The van der Waals surface area contributed by atoms with Crippen LogP contribution in [-0.4, -0.2) is 10.2 Å². The SMILES string of the molecule is CC(C)(C)C(=S)NO. The van der Waals surface area contributed by atoms with E-state index in [1.165, 1.54) is 0 Å². The van der Waals surface area contributed by atoms with Crippen molar-refractivity contribution in [2.75, 3.05) is 0 Å². The molecule has 2 nitrogen and oxygen atoms in total. The van der Waals surface area contributed by atoms with E-state index in [0.717, 1.165) is 0 Å². The fourth-order valence-corrected chi connectivity index (χ4v) is 0.168. The standard InChI is InChI=1S/C5H11NOS/c1-5(2,3)4(8)6-7/h7H,1-3H3,(H,6,8). The van der Waals surface area contributed by atoms with Crippen LogP contribution in [0.5, 0.6) is 0 Å². The molecule has 0 aliphatic heterocycles. The van der Waals surface area contributed by atoms with Crippen LogP contribution in [0, 0.1) is 5.41 Å². The first-order chi connectivity index (χ1) is 3.48. The number of thiocarbonyl (C=S) groups is 1. The summed E-state index contributed by atoms with van der Waals surface area (Å²) in [6, 6.07) is 0. The Morgan fingerprint density at radius 1 is 1.50 bits per heavy atom. The van der Waals surface area contributed by atoms with Gasteiger partial charge >= 0.3 is 0 Å². The van der Waals surface area contributed by atoms with Crippen molar-refractivity contribution in [1.29, 1.82) is 0 Å². The highest BCUT2D eigenvalue weighted by Gasteiger charge is 2.15. The summed E-state index contributed by atoms with van der Waals surface area (Å²) in [5.74, 6) is 0. The number of nitrogens with one attached hydrogen (secondary N) is 1. The number of hydrogen-bond donors (Lipinski definition) is 2. The molecule has 0 aromatic heterocycles. The number of hydrogen-bond acceptors (Lipinski definition) is 2. The van der Waals surface area contributed by atoms with Crippen LogP contribution in [0.25, 0.3) is 0 Å². The molecule has 0 aromatic rings. The van der Waals surface area contributed by atoms with Crippen molar-refractivity contribution in [3.05, 3.63) is 0 Å². The van der Waals surface area contributed by atoms with Gasteiger partial charge in [-0.25, -0.2) is 0 Å². The Balaban J connectivity index is 3.82. The summed E-state index contributed by atoms with van der Waals surface area (Å²) in [7, 11) is 0. The molecule has 0 unspecified atom stereocenters. The molecule has 8 heavy (non-hydrogen) atoms. The fraction of sp³-hybridized carbons (Fsp3) is 0.800. The molecule has 0 saturated carbocycles. The third-order valence-electron chi connectivity index (χ3n) is 0.783. The summed E-state index contributed by atoms with van der Waals surface area (Å²) in [6.45, 7) is 5.79. The van der Waals surface area contributed by atoms with Gasteiger partial charge in [-0.1, -0.05) is 33.0 Å². The van der Waals surface area contributed by atoms with Gasteiger partial charge in [-0.2, -0.15) is 0 Å². The second-order valence-corrected chi connectivity index (χ2v) is 3.10. The van der Waals surface area contributed by atoms with Crippen molar-refractivity contribution < 1.29 is 5.21 Å². The second kappa shape index (κ2) is 2.42. The Kier molecular flexibility index (Phi) is 2.37. The number of rotatable bonds is 0. The largest absolute Gasteiger partial charge is 0.291 e. The van der Waals surface area contributed by atoms with Gasteiger partial charge in [-0.3, -0.25) is 10.7 Å². The Hall–Kier alpha value is -0.150. The van der Waals surface area contributed by atoms with Crippen LogP contribution in [-0.2, 0) is 0 Å². The monoisotopic (exact) mass is 133 g/mol. The Bertz CT molecular complexity index is 95.1. The third kappa shape index (κ3) is 2.23. The van der Waals surface area contributed by atoms with Crippen LogP contribution in [0.4, 0.5) is 0 Å². The average molecular weight is 133 g/mol. The predicted octanol–water partition coefficient (Wildman–Crippen LogP) is 1.34. The molecule has 48 valence electrons. The Labute approximate surface area is 54.9 Å². The molecule has 0 fully saturated rings. The zero-order valence-corrected chi connectivity index (χ0v) is 6.17. The lowest BCUT2D eigenvalue weighted by Crippen LogP contribution is -2.30. The molecule has 2 N–H and O–H groups in total. The summed E-state index contributed by atoms with van der Waals surface area (Å²) >= 11 is 4.73. The molecule has 0 rings (SSSR count). The molecule has 0 aromatic carbocycles.